The van der Waals surface area contributed by atoms with Gasteiger partial charge in [-0.2, -0.15) is 0 Å². The van der Waals surface area contributed by atoms with Gasteiger partial charge in [-0.1, -0.05) is 54.6 Å². The molecule has 0 N–H and O–H groups in total. The van der Waals surface area contributed by atoms with Crippen LogP contribution in [-0.4, -0.2) is 28.6 Å². The molecule has 1 aromatic heterocycles. The molecule has 3 aliphatic heterocycles. The number of ether oxygens (including phenoxy) is 2. The molecule has 0 fully saturated rings. The van der Waals surface area contributed by atoms with Gasteiger partial charge in [0.2, 0.25) is 0 Å². The zero-order valence-corrected chi connectivity index (χ0v) is 24.1. The first kappa shape index (κ1) is 24.9. The minimum atomic E-state index is -0.304. The Morgan fingerprint density at radius 2 is 1.19 bits per heavy atom. The van der Waals surface area contributed by atoms with E-state index >= 15 is 0 Å². The lowest BCUT2D eigenvalue weighted by Crippen LogP contribution is -2.57. The maximum Gasteiger partial charge on any atom is 0.260 e. The van der Waals surface area contributed by atoms with Crippen molar-refractivity contribution < 1.29 is 9.47 Å². The van der Waals surface area contributed by atoms with Crippen LogP contribution in [0.4, 0.5) is 5.69 Å². The summed E-state index contributed by atoms with van der Waals surface area (Å²) in [4.78, 5) is 12.3. The summed E-state index contributed by atoms with van der Waals surface area (Å²) in [6.07, 6.45) is 3.81. The number of hydrogen-bond acceptors (Lipinski definition) is 5. The normalized spacial score (nSPS) is 16.9. The SMILES string of the molecule is CC1(C)N=C(c2cncc(-c3cc4c5c(c3)Oc3ccccc3B5c3ccccc3O4)c2)N(c2ccccc2)C1(C)C. The summed E-state index contributed by atoms with van der Waals surface area (Å²) in [5.41, 5.74) is 6.88. The minimum Gasteiger partial charge on any atom is -0.458 e. The van der Waals surface area contributed by atoms with Crippen LogP contribution in [0.5, 0.6) is 23.0 Å². The molecular formula is C36H30BN3O2. The van der Waals surface area contributed by atoms with Crippen molar-refractivity contribution in [3.8, 4) is 34.1 Å². The Morgan fingerprint density at radius 1 is 0.619 bits per heavy atom. The fraction of sp³-hybridized carbons (Fsp3) is 0.167. The highest BCUT2D eigenvalue weighted by Gasteiger charge is 2.50. The van der Waals surface area contributed by atoms with Crippen LogP contribution in [0, 0.1) is 0 Å². The van der Waals surface area contributed by atoms with Gasteiger partial charge in [0, 0.05) is 34.7 Å². The molecule has 0 saturated heterocycles. The van der Waals surface area contributed by atoms with Crippen molar-refractivity contribution in [2.75, 3.05) is 4.90 Å². The summed E-state index contributed by atoms with van der Waals surface area (Å²) in [5, 5.41) is 0. The Hall–Kier alpha value is -4.84. The van der Waals surface area contributed by atoms with E-state index in [2.05, 4.69) is 99.3 Å². The van der Waals surface area contributed by atoms with Gasteiger partial charge in [-0.3, -0.25) is 9.98 Å². The minimum absolute atomic E-state index is 0.0557. The first-order valence-electron chi connectivity index (χ1n) is 14.4. The number of pyridine rings is 1. The Kier molecular flexibility index (Phi) is 5.24. The Bertz CT molecular complexity index is 1840. The number of para-hydroxylation sites is 3. The molecule has 0 atom stereocenters. The molecule has 0 aliphatic carbocycles. The summed E-state index contributed by atoms with van der Waals surface area (Å²) in [7, 11) is 0. The summed E-state index contributed by atoms with van der Waals surface area (Å²) >= 11 is 0. The van der Waals surface area contributed by atoms with Crippen molar-refractivity contribution in [3.63, 3.8) is 0 Å². The van der Waals surface area contributed by atoms with E-state index < -0.39 is 0 Å². The first-order valence-corrected chi connectivity index (χ1v) is 14.4. The van der Waals surface area contributed by atoms with Crippen molar-refractivity contribution in [2.24, 2.45) is 4.99 Å². The maximum atomic E-state index is 6.53. The summed E-state index contributed by atoms with van der Waals surface area (Å²) in [5.74, 6) is 4.31. The molecule has 4 heterocycles. The highest BCUT2D eigenvalue weighted by Crippen LogP contribution is 2.43. The van der Waals surface area contributed by atoms with Gasteiger partial charge >= 0.3 is 0 Å². The summed E-state index contributed by atoms with van der Waals surface area (Å²) < 4.78 is 13.1. The number of fused-ring (bicyclic) bond motifs is 4. The van der Waals surface area contributed by atoms with E-state index in [1.54, 1.807) is 0 Å². The average Bonchev–Trinajstić information content (AvgIpc) is 3.20. The largest absolute Gasteiger partial charge is 0.458 e. The van der Waals surface area contributed by atoms with Gasteiger partial charge in [0.25, 0.3) is 6.71 Å². The van der Waals surface area contributed by atoms with E-state index in [4.69, 9.17) is 19.5 Å². The van der Waals surface area contributed by atoms with E-state index in [0.717, 1.165) is 67.6 Å². The molecule has 204 valence electrons. The Balaban J connectivity index is 1.26. The van der Waals surface area contributed by atoms with Crippen LogP contribution in [0.3, 0.4) is 0 Å². The molecular weight excluding hydrogens is 517 g/mol. The van der Waals surface area contributed by atoms with Gasteiger partial charge in [-0.25, -0.2) is 0 Å². The van der Waals surface area contributed by atoms with Crippen molar-refractivity contribution in [2.45, 2.75) is 38.8 Å². The van der Waals surface area contributed by atoms with Gasteiger partial charge in [-0.05, 0) is 86.6 Å². The Morgan fingerprint density at radius 3 is 1.83 bits per heavy atom. The zero-order valence-electron chi connectivity index (χ0n) is 24.1. The van der Waals surface area contributed by atoms with E-state index in [0.29, 0.717) is 0 Å². The fourth-order valence-corrected chi connectivity index (χ4v) is 6.49. The third kappa shape index (κ3) is 3.57. The number of benzene rings is 4. The third-order valence-electron chi connectivity index (χ3n) is 9.29. The van der Waals surface area contributed by atoms with Crippen molar-refractivity contribution in [3.05, 3.63) is 115 Å². The number of anilines is 1. The topological polar surface area (TPSA) is 47.0 Å². The van der Waals surface area contributed by atoms with Crippen LogP contribution in [0.1, 0.15) is 33.3 Å². The predicted molar refractivity (Wildman–Crippen MR) is 171 cm³/mol. The van der Waals surface area contributed by atoms with E-state index in [9.17, 15) is 0 Å². The third-order valence-corrected chi connectivity index (χ3v) is 9.29. The predicted octanol–water partition coefficient (Wildman–Crippen LogP) is 6.30. The van der Waals surface area contributed by atoms with Crippen molar-refractivity contribution >= 4 is 34.6 Å². The van der Waals surface area contributed by atoms with Crippen LogP contribution in [0.2, 0.25) is 0 Å². The first-order chi connectivity index (χ1) is 20.3. The van der Waals surface area contributed by atoms with E-state index in [1.165, 1.54) is 0 Å². The molecule has 0 amide bonds. The molecule has 0 radical (unpaired) electrons. The van der Waals surface area contributed by atoms with Gasteiger partial charge in [0.1, 0.15) is 28.8 Å². The van der Waals surface area contributed by atoms with Gasteiger partial charge in [0.15, 0.2) is 0 Å². The molecule has 3 aliphatic rings. The average molecular weight is 547 g/mol. The van der Waals surface area contributed by atoms with Crippen molar-refractivity contribution in [1.29, 1.82) is 0 Å². The van der Waals surface area contributed by atoms with Crippen LogP contribution >= 0.6 is 0 Å². The molecule has 5 nitrogen and oxygen atoms in total. The lowest BCUT2D eigenvalue weighted by molar-refractivity contribution is 0.338. The lowest BCUT2D eigenvalue weighted by Gasteiger charge is -2.41. The second-order valence-electron chi connectivity index (χ2n) is 12.3. The molecule has 8 rings (SSSR count). The quantitative estimate of drug-likeness (QED) is 0.244. The summed E-state index contributed by atoms with van der Waals surface area (Å²) in [6, 6.07) is 33.5. The number of aliphatic imine (C=N–C) groups is 1. The molecule has 0 saturated carbocycles. The summed E-state index contributed by atoms with van der Waals surface area (Å²) in [6.45, 7) is 8.95. The number of nitrogens with zero attached hydrogens (tertiary/aromatic N) is 3. The second-order valence-corrected chi connectivity index (χ2v) is 12.3. The van der Waals surface area contributed by atoms with Gasteiger partial charge < -0.3 is 14.4 Å². The fourth-order valence-electron chi connectivity index (χ4n) is 6.49. The Labute approximate surface area is 246 Å². The van der Waals surface area contributed by atoms with Crippen LogP contribution < -0.4 is 30.8 Å². The monoisotopic (exact) mass is 547 g/mol. The van der Waals surface area contributed by atoms with E-state index in [1.807, 2.05) is 42.7 Å². The number of amidine groups is 1. The highest BCUT2D eigenvalue weighted by molar-refractivity contribution is 6.98. The number of rotatable bonds is 3. The second kappa shape index (κ2) is 8.83. The smallest absolute Gasteiger partial charge is 0.260 e. The number of aromatic nitrogens is 1. The van der Waals surface area contributed by atoms with Gasteiger partial charge in [0.05, 0.1) is 11.1 Å². The van der Waals surface area contributed by atoms with Crippen LogP contribution in [-0.2, 0) is 0 Å². The molecule has 5 aromatic rings. The lowest BCUT2D eigenvalue weighted by atomic mass is 9.35. The standard InChI is InChI=1S/C36H30BN3O2/c1-35(2)36(3,4)40(26-12-6-5-7-13-26)34(39-35)25-18-24(21-38-22-25)23-19-31-33-32(20-23)42-30-17-11-9-15-28(30)37(33)27-14-8-10-16-29(27)41-31/h5-22H,1-4H3. The molecule has 42 heavy (non-hydrogen) atoms. The van der Waals surface area contributed by atoms with E-state index in [-0.39, 0.29) is 17.8 Å². The molecule has 0 spiro atoms. The molecule has 0 bridgehead atoms. The van der Waals surface area contributed by atoms with Crippen molar-refractivity contribution in [1.82, 2.24) is 4.98 Å². The van der Waals surface area contributed by atoms with Crippen LogP contribution in [0.25, 0.3) is 11.1 Å². The molecule has 6 heteroatoms. The molecule has 0 unspecified atom stereocenters. The highest BCUT2D eigenvalue weighted by atomic mass is 16.5. The van der Waals surface area contributed by atoms with Crippen LogP contribution in [0.15, 0.2) is 114 Å². The molecule has 4 aromatic carbocycles. The zero-order chi connectivity index (χ0) is 28.6. The maximum absolute atomic E-state index is 6.53. The van der Waals surface area contributed by atoms with Gasteiger partial charge in [-0.15, -0.1) is 0 Å². The number of hydrogen-bond donors (Lipinski definition) is 0.